The van der Waals surface area contributed by atoms with Crippen molar-refractivity contribution >= 4 is 23.4 Å². The van der Waals surface area contributed by atoms with E-state index < -0.39 is 5.97 Å². The van der Waals surface area contributed by atoms with Crippen LogP contribution in [0.5, 0.6) is 0 Å². The summed E-state index contributed by atoms with van der Waals surface area (Å²) in [5.41, 5.74) is 0.118. The lowest BCUT2D eigenvalue weighted by Gasteiger charge is -2.35. The fourth-order valence-corrected chi connectivity index (χ4v) is 2.45. The van der Waals surface area contributed by atoms with Crippen LogP contribution in [0.3, 0.4) is 0 Å². The highest BCUT2D eigenvalue weighted by atomic mass is 35.5. The van der Waals surface area contributed by atoms with Gasteiger partial charge in [0, 0.05) is 6.54 Å². The maximum absolute atomic E-state index is 11.0. The highest BCUT2D eigenvalue weighted by molar-refractivity contribution is 6.29. The van der Waals surface area contributed by atoms with Crippen LogP contribution in [-0.2, 0) is 0 Å². The third kappa shape index (κ3) is 2.73. The third-order valence-corrected chi connectivity index (χ3v) is 3.35. The third-order valence-electron chi connectivity index (χ3n) is 3.16. The molecule has 0 saturated carbocycles. The Kier molecular flexibility index (Phi) is 4.04. The van der Waals surface area contributed by atoms with Gasteiger partial charge in [0.05, 0.1) is 18.2 Å². The van der Waals surface area contributed by atoms with Crippen LogP contribution in [0, 0.1) is 0 Å². The molecule has 1 aliphatic rings. The average molecular weight is 271 g/mol. The zero-order valence-electron chi connectivity index (χ0n) is 9.84. The summed E-state index contributed by atoms with van der Waals surface area (Å²) in [4.78, 5) is 17.1. The van der Waals surface area contributed by atoms with E-state index in [0.29, 0.717) is 5.82 Å². The van der Waals surface area contributed by atoms with Crippen LogP contribution in [0.4, 0.5) is 5.82 Å². The van der Waals surface area contributed by atoms with E-state index in [9.17, 15) is 9.90 Å². The molecule has 1 aromatic heterocycles. The van der Waals surface area contributed by atoms with E-state index >= 15 is 0 Å². The lowest BCUT2D eigenvalue weighted by Crippen LogP contribution is -2.42. The molecule has 2 rings (SSSR count). The molecule has 6 heteroatoms. The number of anilines is 1. The molecule has 0 aromatic carbocycles. The highest BCUT2D eigenvalue weighted by Crippen LogP contribution is 2.25. The number of aromatic nitrogens is 1. The molecule has 98 valence electrons. The van der Waals surface area contributed by atoms with Gasteiger partial charge >= 0.3 is 5.97 Å². The molecule has 2 N–H and O–H groups in total. The number of aliphatic hydroxyl groups is 1. The molecule has 0 bridgehead atoms. The van der Waals surface area contributed by atoms with Gasteiger partial charge in [0.2, 0.25) is 0 Å². The summed E-state index contributed by atoms with van der Waals surface area (Å²) >= 11 is 5.84. The number of pyridine rings is 1. The van der Waals surface area contributed by atoms with Gasteiger partial charge in [0.25, 0.3) is 0 Å². The summed E-state index contributed by atoms with van der Waals surface area (Å²) in [7, 11) is 0. The normalized spacial score (nSPS) is 19.9. The number of carboxylic acid groups (broad SMARTS) is 1. The molecular formula is C12H15ClN2O3. The smallest absolute Gasteiger partial charge is 0.335 e. The second-order valence-corrected chi connectivity index (χ2v) is 4.75. The van der Waals surface area contributed by atoms with Crippen molar-refractivity contribution < 1.29 is 15.0 Å². The Hall–Kier alpha value is -1.33. The summed E-state index contributed by atoms with van der Waals surface area (Å²) < 4.78 is 0. The van der Waals surface area contributed by atoms with Crippen LogP contribution in [0.25, 0.3) is 0 Å². The zero-order chi connectivity index (χ0) is 13.1. The molecule has 0 aliphatic carbocycles. The van der Waals surface area contributed by atoms with Crippen LogP contribution < -0.4 is 4.90 Å². The number of hydrogen-bond acceptors (Lipinski definition) is 4. The molecule has 2 heterocycles. The van der Waals surface area contributed by atoms with Gasteiger partial charge in [-0.25, -0.2) is 9.78 Å². The summed E-state index contributed by atoms with van der Waals surface area (Å²) in [5.74, 6) is -0.503. The van der Waals surface area contributed by atoms with Crippen molar-refractivity contribution in [3.63, 3.8) is 0 Å². The maximum atomic E-state index is 11.0. The minimum absolute atomic E-state index is 0.00800. The second kappa shape index (κ2) is 5.54. The molecule has 1 unspecified atom stereocenters. The Morgan fingerprint density at radius 1 is 1.50 bits per heavy atom. The van der Waals surface area contributed by atoms with Crippen molar-refractivity contribution in [2.75, 3.05) is 18.1 Å². The molecule has 0 radical (unpaired) electrons. The number of halogens is 1. The zero-order valence-corrected chi connectivity index (χ0v) is 10.6. The van der Waals surface area contributed by atoms with Crippen molar-refractivity contribution in [3.8, 4) is 0 Å². The molecule has 0 amide bonds. The summed E-state index contributed by atoms with van der Waals surface area (Å²) in [6, 6.07) is 2.82. The van der Waals surface area contributed by atoms with Crippen LogP contribution in [0.1, 0.15) is 29.6 Å². The second-order valence-electron chi connectivity index (χ2n) is 4.37. The first-order valence-corrected chi connectivity index (χ1v) is 6.28. The van der Waals surface area contributed by atoms with Gasteiger partial charge in [-0.3, -0.25) is 0 Å². The molecule has 1 fully saturated rings. The van der Waals surface area contributed by atoms with E-state index in [1.165, 1.54) is 12.1 Å². The van der Waals surface area contributed by atoms with Crippen LogP contribution in [0.15, 0.2) is 12.1 Å². The number of carboxylic acids is 1. The van der Waals surface area contributed by atoms with Crippen molar-refractivity contribution in [1.82, 2.24) is 4.98 Å². The van der Waals surface area contributed by atoms with Crippen LogP contribution in [-0.4, -0.2) is 40.4 Å². The molecule has 0 spiro atoms. The number of aliphatic hydroxyl groups excluding tert-OH is 1. The predicted octanol–water partition coefficient (Wildman–Crippen LogP) is 1.78. The molecule has 1 saturated heterocycles. The Labute approximate surface area is 110 Å². The van der Waals surface area contributed by atoms with E-state index in [1.807, 2.05) is 4.90 Å². The minimum Gasteiger partial charge on any atom is -0.478 e. The van der Waals surface area contributed by atoms with Gasteiger partial charge in [0.1, 0.15) is 11.0 Å². The largest absolute Gasteiger partial charge is 0.478 e. The van der Waals surface area contributed by atoms with Gasteiger partial charge in [-0.15, -0.1) is 0 Å². The van der Waals surface area contributed by atoms with E-state index in [-0.39, 0.29) is 23.4 Å². The molecular weight excluding hydrogens is 256 g/mol. The molecule has 1 atom stereocenters. The Morgan fingerprint density at radius 2 is 2.28 bits per heavy atom. The van der Waals surface area contributed by atoms with E-state index in [1.54, 1.807) is 0 Å². The maximum Gasteiger partial charge on any atom is 0.335 e. The SMILES string of the molecule is O=C(O)c1cc(Cl)nc(N2CCCCC2CO)c1. The number of piperidine rings is 1. The van der Waals surface area contributed by atoms with Gasteiger partial charge in [-0.05, 0) is 31.4 Å². The first kappa shape index (κ1) is 13.1. The Balaban J connectivity index is 2.33. The summed E-state index contributed by atoms with van der Waals surface area (Å²) in [6.45, 7) is 0.800. The summed E-state index contributed by atoms with van der Waals surface area (Å²) in [6.07, 6.45) is 2.95. The van der Waals surface area contributed by atoms with E-state index in [2.05, 4.69) is 4.98 Å². The van der Waals surface area contributed by atoms with E-state index in [0.717, 1.165) is 25.8 Å². The van der Waals surface area contributed by atoms with Crippen molar-refractivity contribution in [1.29, 1.82) is 0 Å². The van der Waals surface area contributed by atoms with Gasteiger partial charge in [0.15, 0.2) is 0 Å². The quantitative estimate of drug-likeness (QED) is 0.819. The van der Waals surface area contributed by atoms with Crippen molar-refractivity contribution in [2.45, 2.75) is 25.3 Å². The highest BCUT2D eigenvalue weighted by Gasteiger charge is 2.24. The van der Waals surface area contributed by atoms with Gasteiger partial charge in [-0.2, -0.15) is 0 Å². The van der Waals surface area contributed by atoms with Crippen molar-refractivity contribution in [2.24, 2.45) is 0 Å². The van der Waals surface area contributed by atoms with Gasteiger partial charge in [-0.1, -0.05) is 11.6 Å². The first-order valence-electron chi connectivity index (χ1n) is 5.90. The topological polar surface area (TPSA) is 73.7 Å². The van der Waals surface area contributed by atoms with Gasteiger partial charge < -0.3 is 15.1 Å². The number of carbonyl (C=O) groups is 1. The molecule has 5 nitrogen and oxygen atoms in total. The first-order chi connectivity index (χ1) is 8.61. The summed E-state index contributed by atoms with van der Waals surface area (Å²) in [5, 5.41) is 18.5. The lowest BCUT2D eigenvalue weighted by molar-refractivity contribution is 0.0696. The number of hydrogen-bond donors (Lipinski definition) is 2. The monoisotopic (exact) mass is 270 g/mol. The number of rotatable bonds is 3. The molecule has 1 aromatic rings. The molecule has 1 aliphatic heterocycles. The van der Waals surface area contributed by atoms with E-state index in [4.69, 9.17) is 16.7 Å². The fraction of sp³-hybridized carbons (Fsp3) is 0.500. The van der Waals surface area contributed by atoms with Crippen LogP contribution >= 0.6 is 11.6 Å². The predicted molar refractivity (Wildman–Crippen MR) is 68.3 cm³/mol. The number of nitrogens with zero attached hydrogens (tertiary/aromatic N) is 2. The fourth-order valence-electron chi connectivity index (χ4n) is 2.25. The van der Waals surface area contributed by atoms with Crippen molar-refractivity contribution in [3.05, 3.63) is 22.8 Å². The standard InChI is InChI=1S/C12H15ClN2O3/c13-10-5-8(12(17)18)6-11(14-10)15-4-2-1-3-9(15)7-16/h5-6,9,16H,1-4,7H2,(H,17,18). The molecule has 18 heavy (non-hydrogen) atoms. The lowest BCUT2D eigenvalue weighted by atomic mass is 10.0. The Bertz CT molecular complexity index is 453. The Morgan fingerprint density at radius 3 is 2.94 bits per heavy atom. The van der Waals surface area contributed by atoms with Crippen LogP contribution in [0.2, 0.25) is 5.15 Å². The minimum atomic E-state index is -1.03. The average Bonchev–Trinajstić information content (AvgIpc) is 2.38. The number of aromatic carboxylic acids is 1.